The molecular weight excluding hydrogens is 503 g/mol. The number of aliphatic carboxylic acids is 1. The second-order valence-electron chi connectivity index (χ2n) is 10.3. The molecule has 1 aromatic carbocycles. The minimum atomic E-state index is -1.22. The van der Waals surface area contributed by atoms with Gasteiger partial charge in [0.15, 0.2) is 5.78 Å². The number of Topliss-reactive ketones (excluding diaryl/α,β-unsaturated/α-hetero) is 1. The number of anilines is 1. The lowest BCUT2D eigenvalue weighted by Crippen LogP contribution is -2.44. The summed E-state index contributed by atoms with van der Waals surface area (Å²) >= 11 is 0. The van der Waals surface area contributed by atoms with Gasteiger partial charge in [0.25, 0.3) is 0 Å². The van der Waals surface area contributed by atoms with Gasteiger partial charge >= 0.3 is 5.97 Å². The zero-order chi connectivity index (χ0) is 28.5. The van der Waals surface area contributed by atoms with Crippen molar-refractivity contribution in [1.29, 1.82) is 0 Å². The molecule has 0 radical (unpaired) electrons. The molecule has 3 atom stereocenters. The molecule has 0 aliphatic heterocycles. The van der Waals surface area contributed by atoms with Crippen molar-refractivity contribution in [2.24, 2.45) is 11.8 Å². The maximum absolute atomic E-state index is 15.2. The van der Waals surface area contributed by atoms with E-state index in [1.807, 2.05) is 6.92 Å². The first kappa shape index (κ1) is 30.0. The fraction of sp³-hybridized carbons (Fsp3) is 0.552. The van der Waals surface area contributed by atoms with Gasteiger partial charge in [-0.15, -0.1) is 0 Å². The fourth-order valence-electron chi connectivity index (χ4n) is 5.32. The van der Waals surface area contributed by atoms with Crippen LogP contribution in [0.1, 0.15) is 94.1 Å². The number of carboxylic acid groups (broad SMARTS) is 1. The predicted octanol–water partition coefficient (Wildman–Crippen LogP) is 4.92. The fourth-order valence-corrected chi connectivity index (χ4v) is 5.32. The lowest BCUT2D eigenvalue weighted by molar-refractivity contribution is -0.142. The van der Waals surface area contributed by atoms with E-state index in [2.05, 4.69) is 15.7 Å². The molecule has 1 aliphatic carbocycles. The van der Waals surface area contributed by atoms with Crippen molar-refractivity contribution in [2.75, 3.05) is 5.32 Å². The number of benzene rings is 1. The molecule has 0 saturated heterocycles. The normalized spacial score (nSPS) is 16.5. The van der Waals surface area contributed by atoms with Crippen molar-refractivity contribution >= 4 is 29.3 Å². The van der Waals surface area contributed by atoms with Crippen LogP contribution in [0.15, 0.2) is 30.5 Å². The van der Waals surface area contributed by atoms with E-state index in [0.717, 1.165) is 38.5 Å². The van der Waals surface area contributed by atoms with Gasteiger partial charge in [-0.2, -0.15) is 5.10 Å². The van der Waals surface area contributed by atoms with Gasteiger partial charge in [-0.25, -0.2) is 9.18 Å². The summed E-state index contributed by atoms with van der Waals surface area (Å²) in [4.78, 5) is 50.2. The van der Waals surface area contributed by atoms with E-state index in [-0.39, 0.29) is 30.2 Å². The van der Waals surface area contributed by atoms with Crippen LogP contribution in [0.25, 0.3) is 0 Å². The van der Waals surface area contributed by atoms with Gasteiger partial charge in [0.2, 0.25) is 11.8 Å². The molecule has 39 heavy (non-hydrogen) atoms. The van der Waals surface area contributed by atoms with Crippen LogP contribution >= 0.6 is 0 Å². The molecule has 2 amide bonds. The van der Waals surface area contributed by atoms with Crippen molar-refractivity contribution in [1.82, 2.24) is 15.1 Å². The monoisotopic (exact) mass is 542 g/mol. The summed E-state index contributed by atoms with van der Waals surface area (Å²) in [5.41, 5.74) is 0.791. The van der Waals surface area contributed by atoms with E-state index in [4.69, 9.17) is 0 Å². The molecular formula is C29H39FN4O5. The smallest absolute Gasteiger partial charge is 0.326 e. The molecule has 1 aromatic heterocycles. The van der Waals surface area contributed by atoms with Gasteiger partial charge < -0.3 is 15.7 Å². The Labute approximate surface area is 228 Å². The Bertz CT molecular complexity index is 1170. The second kappa shape index (κ2) is 14.0. The zero-order valence-electron chi connectivity index (χ0n) is 22.9. The number of carbonyl (C=O) groups excluding carboxylic acids is 3. The molecule has 3 N–H and O–H groups in total. The lowest BCUT2D eigenvalue weighted by atomic mass is 9.81. The van der Waals surface area contributed by atoms with Gasteiger partial charge in [0, 0.05) is 37.4 Å². The van der Waals surface area contributed by atoms with Gasteiger partial charge in [-0.05, 0) is 49.4 Å². The van der Waals surface area contributed by atoms with Gasteiger partial charge in [0.1, 0.15) is 17.6 Å². The van der Waals surface area contributed by atoms with E-state index in [0.29, 0.717) is 17.8 Å². The van der Waals surface area contributed by atoms with Crippen molar-refractivity contribution in [2.45, 2.75) is 90.6 Å². The topological polar surface area (TPSA) is 130 Å². The highest BCUT2D eigenvalue weighted by atomic mass is 19.1. The van der Waals surface area contributed by atoms with Crippen LogP contribution in [-0.2, 0) is 20.9 Å². The first-order valence-corrected chi connectivity index (χ1v) is 13.8. The summed E-state index contributed by atoms with van der Waals surface area (Å²) in [6.45, 7) is 5.64. The van der Waals surface area contributed by atoms with Crippen LogP contribution in [0.4, 0.5) is 10.1 Å². The molecule has 3 rings (SSSR count). The van der Waals surface area contributed by atoms with Crippen molar-refractivity contribution in [3.8, 4) is 0 Å². The summed E-state index contributed by atoms with van der Waals surface area (Å²) in [6.07, 6.45) is 7.51. The minimum Gasteiger partial charge on any atom is -0.480 e. The Morgan fingerprint density at radius 1 is 1.10 bits per heavy atom. The van der Waals surface area contributed by atoms with E-state index >= 15 is 4.39 Å². The van der Waals surface area contributed by atoms with E-state index in [1.165, 1.54) is 12.1 Å². The highest BCUT2D eigenvalue weighted by Gasteiger charge is 2.33. The van der Waals surface area contributed by atoms with Crippen molar-refractivity contribution < 1.29 is 28.7 Å². The third-order valence-electron chi connectivity index (χ3n) is 7.69. The number of rotatable bonds is 12. The number of carboxylic acids is 1. The van der Waals surface area contributed by atoms with Gasteiger partial charge in [-0.3, -0.25) is 19.1 Å². The Kier molecular flexibility index (Phi) is 10.8. The number of aromatic nitrogens is 2. The van der Waals surface area contributed by atoms with Crippen LogP contribution in [-0.4, -0.2) is 44.5 Å². The average molecular weight is 543 g/mol. The number of hydrogen-bond acceptors (Lipinski definition) is 5. The Hall–Kier alpha value is -3.56. The van der Waals surface area contributed by atoms with Crippen molar-refractivity contribution in [3.05, 3.63) is 47.5 Å². The number of hydrogen-bond donors (Lipinski definition) is 3. The Balaban J connectivity index is 1.80. The summed E-state index contributed by atoms with van der Waals surface area (Å²) < 4.78 is 16.8. The maximum Gasteiger partial charge on any atom is 0.326 e. The number of ketones is 1. The maximum atomic E-state index is 15.2. The molecule has 1 fully saturated rings. The highest BCUT2D eigenvalue weighted by molar-refractivity contribution is 6.00. The molecule has 1 aliphatic rings. The van der Waals surface area contributed by atoms with Crippen LogP contribution in [0.3, 0.4) is 0 Å². The van der Waals surface area contributed by atoms with Crippen LogP contribution < -0.4 is 10.6 Å². The lowest BCUT2D eigenvalue weighted by Gasteiger charge is -2.25. The second-order valence-corrected chi connectivity index (χ2v) is 10.3. The first-order valence-electron chi connectivity index (χ1n) is 13.8. The quantitative estimate of drug-likeness (QED) is 0.258. The number of halogens is 1. The number of nitrogens with one attached hydrogen (secondary N) is 2. The predicted molar refractivity (Wildman–Crippen MR) is 145 cm³/mol. The summed E-state index contributed by atoms with van der Waals surface area (Å²) in [5.74, 6) is -4.24. The van der Waals surface area contributed by atoms with E-state index in [9.17, 15) is 24.3 Å². The molecule has 10 heteroatoms. The number of carbonyl (C=O) groups is 4. The standard InChI is InChI=1S/C29H39FN4O5/c1-4-26(36)33-27(29(38)39)18(3)20-12-13-23(22(30)16-20)32-28(37)21(19-10-8-6-7-9-11-19)17-25(35)24-14-15-31-34(24)5-2/h12-16,18-19,21,27H,4-11,17H2,1-3H3,(H,32,37)(H,33,36)(H,38,39)/t18-,21-,27+/m0/s1. The summed E-state index contributed by atoms with van der Waals surface area (Å²) in [5, 5.41) is 18.9. The molecule has 1 heterocycles. The summed E-state index contributed by atoms with van der Waals surface area (Å²) in [6, 6.07) is 4.56. The van der Waals surface area contributed by atoms with E-state index in [1.54, 1.807) is 36.9 Å². The van der Waals surface area contributed by atoms with Crippen LogP contribution in [0.2, 0.25) is 0 Å². The Morgan fingerprint density at radius 3 is 2.38 bits per heavy atom. The molecule has 0 unspecified atom stereocenters. The van der Waals surface area contributed by atoms with Crippen LogP contribution in [0, 0.1) is 17.7 Å². The molecule has 212 valence electrons. The average Bonchev–Trinajstić information content (AvgIpc) is 3.25. The number of aryl methyl sites for hydroxylation is 1. The first-order chi connectivity index (χ1) is 18.7. The summed E-state index contributed by atoms with van der Waals surface area (Å²) in [7, 11) is 0. The van der Waals surface area contributed by atoms with Crippen molar-refractivity contribution in [3.63, 3.8) is 0 Å². The SMILES string of the molecule is CCC(=O)N[C@@H](C(=O)O)[C@@H](C)c1ccc(NC(=O)[C@@H](CC(=O)c2ccnn2CC)C2CCCCCC2)c(F)c1. The highest BCUT2D eigenvalue weighted by Crippen LogP contribution is 2.33. The van der Waals surface area contributed by atoms with Crippen LogP contribution in [0.5, 0.6) is 0 Å². The van der Waals surface area contributed by atoms with E-state index < -0.39 is 41.5 Å². The third-order valence-corrected chi connectivity index (χ3v) is 7.69. The number of amides is 2. The largest absolute Gasteiger partial charge is 0.480 e. The van der Waals surface area contributed by atoms with Gasteiger partial charge in [0.05, 0.1) is 5.69 Å². The number of nitrogens with zero attached hydrogens (tertiary/aromatic N) is 2. The molecule has 1 saturated carbocycles. The molecule has 0 bridgehead atoms. The minimum absolute atomic E-state index is 0.00954. The van der Waals surface area contributed by atoms with Gasteiger partial charge in [-0.1, -0.05) is 45.6 Å². The molecule has 9 nitrogen and oxygen atoms in total. The third kappa shape index (κ3) is 7.74. The Morgan fingerprint density at radius 2 is 1.79 bits per heavy atom. The zero-order valence-corrected chi connectivity index (χ0v) is 22.9. The molecule has 2 aromatic rings. The molecule has 0 spiro atoms.